The molecule has 2 aliphatic carbocycles. The molecule has 2 rings (SSSR count). The third kappa shape index (κ3) is 0.742. The van der Waals surface area contributed by atoms with Crippen LogP contribution in [0.5, 0.6) is 0 Å². The summed E-state index contributed by atoms with van der Waals surface area (Å²) < 4.78 is 0. The van der Waals surface area contributed by atoms with Gasteiger partial charge in [0.1, 0.15) is 5.60 Å². The Morgan fingerprint density at radius 2 is 2.00 bits per heavy atom. The predicted molar refractivity (Wildman–Crippen MR) is 53.0 cm³/mol. The second kappa shape index (κ2) is 2.12. The zero-order valence-electron chi connectivity index (χ0n) is 8.72. The molecule has 0 heterocycles. The molecular weight excluding hydrogens is 160 g/mol. The molecule has 3 atom stereocenters. The zero-order chi connectivity index (χ0) is 9.91. The Bertz CT molecular complexity index is 286. The number of hydrogen-bond donors (Lipinski definition) is 1. The summed E-state index contributed by atoms with van der Waals surface area (Å²) in [5, 5.41) is 10.3. The number of fused-ring (bicyclic) bond motifs is 2. The lowest BCUT2D eigenvalue weighted by molar-refractivity contribution is -0.0431. The first-order valence-corrected chi connectivity index (χ1v) is 5.07. The fourth-order valence-electron chi connectivity index (χ4n) is 3.49. The van der Waals surface area contributed by atoms with Crippen molar-refractivity contribution in [1.82, 2.24) is 0 Å². The average Bonchev–Trinajstić information content (AvgIpc) is 2.36. The number of terminal acetylenes is 1. The summed E-state index contributed by atoms with van der Waals surface area (Å²) >= 11 is 0. The van der Waals surface area contributed by atoms with Crippen LogP contribution in [0.25, 0.3) is 0 Å². The standard InChI is InChI=1S/C12H18O/c1-5-12(13)8-9-6-7-11(12,4)10(9,2)3/h1,9,13H,6-8H2,2-4H3/t9-,11+,12-/m1/s1. The maximum Gasteiger partial charge on any atom is 0.131 e. The Morgan fingerprint density at radius 1 is 1.38 bits per heavy atom. The van der Waals surface area contributed by atoms with E-state index < -0.39 is 5.60 Å². The van der Waals surface area contributed by atoms with Gasteiger partial charge in [-0.2, -0.15) is 0 Å². The van der Waals surface area contributed by atoms with Gasteiger partial charge in [-0.3, -0.25) is 0 Å². The number of rotatable bonds is 0. The van der Waals surface area contributed by atoms with Gasteiger partial charge in [0, 0.05) is 5.41 Å². The lowest BCUT2D eigenvalue weighted by atomic mass is 9.65. The van der Waals surface area contributed by atoms with E-state index in [4.69, 9.17) is 6.42 Å². The first kappa shape index (κ1) is 9.09. The Balaban J connectivity index is 2.51. The fraction of sp³-hybridized carbons (Fsp3) is 0.833. The predicted octanol–water partition coefficient (Wildman–Crippen LogP) is 2.20. The zero-order valence-corrected chi connectivity index (χ0v) is 8.72. The molecule has 0 aromatic heterocycles. The van der Waals surface area contributed by atoms with Gasteiger partial charge in [-0.1, -0.05) is 26.7 Å². The monoisotopic (exact) mass is 178 g/mol. The summed E-state index contributed by atoms with van der Waals surface area (Å²) in [7, 11) is 0. The minimum atomic E-state index is -0.848. The quantitative estimate of drug-likeness (QED) is 0.564. The van der Waals surface area contributed by atoms with Gasteiger partial charge in [0.15, 0.2) is 0 Å². The average molecular weight is 178 g/mol. The summed E-state index contributed by atoms with van der Waals surface area (Å²) in [4.78, 5) is 0. The van der Waals surface area contributed by atoms with Crippen LogP contribution in [0.2, 0.25) is 0 Å². The third-order valence-electron chi connectivity index (χ3n) is 5.13. The molecule has 0 radical (unpaired) electrons. The van der Waals surface area contributed by atoms with E-state index in [-0.39, 0.29) is 10.8 Å². The van der Waals surface area contributed by atoms with Crippen molar-refractivity contribution in [2.45, 2.75) is 45.6 Å². The molecule has 0 aromatic carbocycles. The lowest BCUT2D eigenvalue weighted by Crippen LogP contribution is -2.45. The van der Waals surface area contributed by atoms with E-state index in [1.165, 1.54) is 6.42 Å². The Morgan fingerprint density at radius 3 is 2.23 bits per heavy atom. The third-order valence-corrected chi connectivity index (χ3v) is 5.13. The Kier molecular flexibility index (Phi) is 1.48. The van der Waals surface area contributed by atoms with E-state index >= 15 is 0 Å². The Labute approximate surface area is 80.5 Å². The molecule has 0 unspecified atom stereocenters. The van der Waals surface area contributed by atoms with Gasteiger partial charge in [-0.15, -0.1) is 6.42 Å². The van der Waals surface area contributed by atoms with Crippen LogP contribution in [0, 0.1) is 29.1 Å². The molecule has 0 spiro atoms. The van der Waals surface area contributed by atoms with E-state index in [1.807, 2.05) is 0 Å². The highest BCUT2D eigenvalue weighted by molar-refractivity contribution is 5.27. The normalized spacial score (nSPS) is 52.1. The van der Waals surface area contributed by atoms with Crippen LogP contribution in [-0.4, -0.2) is 10.7 Å². The summed E-state index contributed by atoms with van der Waals surface area (Å²) in [5.41, 5.74) is -0.715. The SMILES string of the molecule is C#C[C@@]1(O)C[C@H]2CC[C@@]1(C)C2(C)C. The van der Waals surface area contributed by atoms with Gasteiger partial charge in [0.2, 0.25) is 0 Å². The summed E-state index contributed by atoms with van der Waals surface area (Å²) in [6, 6.07) is 0. The highest BCUT2D eigenvalue weighted by Crippen LogP contribution is 2.69. The van der Waals surface area contributed by atoms with Crippen molar-refractivity contribution in [3.63, 3.8) is 0 Å². The van der Waals surface area contributed by atoms with Gasteiger partial charge in [0.05, 0.1) is 0 Å². The van der Waals surface area contributed by atoms with Crippen molar-refractivity contribution in [3.8, 4) is 12.3 Å². The summed E-state index contributed by atoms with van der Waals surface area (Å²) in [6.45, 7) is 6.65. The fourth-order valence-corrected chi connectivity index (χ4v) is 3.49. The van der Waals surface area contributed by atoms with E-state index in [0.29, 0.717) is 5.92 Å². The number of aliphatic hydroxyl groups is 1. The van der Waals surface area contributed by atoms with Crippen LogP contribution in [0.1, 0.15) is 40.0 Å². The lowest BCUT2D eigenvalue weighted by Gasteiger charge is -2.42. The minimum absolute atomic E-state index is 0.0700. The van der Waals surface area contributed by atoms with Gasteiger partial charge in [-0.25, -0.2) is 0 Å². The highest BCUT2D eigenvalue weighted by Gasteiger charge is 2.67. The van der Waals surface area contributed by atoms with Crippen LogP contribution in [0.15, 0.2) is 0 Å². The van der Waals surface area contributed by atoms with E-state index in [9.17, 15) is 5.11 Å². The smallest absolute Gasteiger partial charge is 0.131 e. The summed E-state index contributed by atoms with van der Waals surface area (Å²) in [6.07, 6.45) is 8.56. The van der Waals surface area contributed by atoms with Crippen molar-refractivity contribution >= 4 is 0 Å². The van der Waals surface area contributed by atoms with Crippen LogP contribution < -0.4 is 0 Å². The molecule has 2 bridgehead atoms. The van der Waals surface area contributed by atoms with Crippen LogP contribution in [0.4, 0.5) is 0 Å². The van der Waals surface area contributed by atoms with Crippen LogP contribution in [0.3, 0.4) is 0 Å². The van der Waals surface area contributed by atoms with Crippen molar-refractivity contribution in [2.24, 2.45) is 16.7 Å². The van der Waals surface area contributed by atoms with E-state index in [0.717, 1.165) is 12.8 Å². The van der Waals surface area contributed by atoms with Gasteiger partial charge >= 0.3 is 0 Å². The second-order valence-corrected chi connectivity index (χ2v) is 5.50. The second-order valence-electron chi connectivity index (χ2n) is 5.50. The highest BCUT2D eigenvalue weighted by atomic mass is 16.3. The first-order valence-electron chi connectivity index (χ1n) is 5.07. The first-order chi connectivity index (χ1) is 5.87. The van der Waals surface area contributed by atoms with Crippen molar-refractivity contribution in [1.29, 1.82) is 0 Å². The molecule has 1 nitrogen and oxygen atoms in total. The van der Waals surface area contributed by atoms with E-state index in [1.54, 1.807) is 0 Å². The molecular formula is C12H18O. The Hall–Kier alpha value is -0.480. The van der Waals surface area contributed by atoms with E-state index in [2.05, 4.69) is 26.7 Å². The molecule has 0 amide bonds. The number of hydrogen-bond acceptors (Lipinski definition) is 1. The molecule has 2 aliphatic rings. The maximum atomic E-state index is 10.3. The molecule has 2 saturated carbocycles. The molecule has 2 fully saturated rings. The molecule has 0 aromatic rings. The summed E-state index contributed by atoms with van der Waals surface area (Å²) in [5.74, 6) is 3.23. The van der Waals surface area contributed by atoms with Gasteiger partial charge in [-0.05, 0) is 30.6 Å². The van der Waals surface area contributed by atoms with Crippen molar-refractivity contribution in [2.75, 3.05) is 0 Å². The topological polar surface area (TPSA) is 20.2 Å². The maximum absolute atomic E-state index is 10.3. The van der Waals surface area contributed by atoms with Crippen molar-refractivity contribution in [3.05, 3.63) is 0 Å². The van der Waals surface area contributed by atoms with Crippen molar-refractivity contribution < 1.29 is 5.11 Å². The largest absolute Gasteiger partial charge is 0.377 e. The van der Waals surface area contributed by atoms with Crippen LogP contribution in [-0.2, 0) is 0 Å². The molecule has 0 saturated heterocycles. The van der Waals surface area contributed by atoms with Gasteiger partial charge < -0.3 is 5.11 Å². The molecule has 72 valence electrons. The van der Waals surface area contributed by atoms with Crippen LogP contribution >= 0.6 is 0 Å². The minimum Gasteiger partial charge on any atom is -0.377 e. The molecule has 1 heteroatoms. The van der Waals surface area contributed by atoms with Gasteiger partial charge in [0.25, 0.3) is 0 Å². The molecule has 0 aliphatic heterocycles. The molecule has 13 heavy (non-hydrogen) atoms. The molecule has 1 N–H and O–H groups in total.